The molecule has 1 aliphatic carbocycles. The smallest absolute Gasteiger partial charge is 0.126 e. The molecule has 100 valence electrons. The van der Waals surface area contributed by atoms with Gasteiger partial charge in [0.05, 0.1) is 6.10 Å². The van der Waals surface area contributed by atoms with Gasteiger partial charge in [-0.3, -0.25) is 0 Å². The van der Waals surface area contributed by atoms with Crippen molar-refractivity contribution in [2.24, 2.45) is 11.3 Å². The van der Waals surface area contributed by atoms with Gasteiger partial charge in [-0.25, -0.2) is 4.98 Å². The minimum atomic E-state index is -0.285. The van der Waals surface area contributed by atoms with E-state index in [4.69, 9.17) is 5.73 Å². The maximum absolute atomic E-state index is 10.3. The average Bonchev–Trinajstić information content (AvgIpc) is 2.32. The van der Waals surface area contributed by atoms with Gasteiger partial charge in [-0.05, 0) is 48.6 Å². The van der Waals surface area contributed by atoms with Gasteiger partial charge in [0.2, 0.25) is 0 Å². The molecule has 1 heterocycles. The van der Waals surface area contributed by atoms with Gasteiger partial charge in [0.15, 0.2) is 0 Å². The predicted octanol–water partition coefficient (Wildman–Crippen LogP) is 2.78. The summed E-state index contributed by atoms with van der Waals surface area (Å²) < 4.78 is 0. The van der Waals surface area contributed by atoms with Crippen LogP contribution < -0.4 is 5.73 Å². The monoisotopic (exact) mass is 248 g/mol. The van der Waals surface area contributed by atoms with Gasteiger partial charge in [-0.15, -0.1) is 0 Å². The van der Waals surface area contributed by atoms with Crippen molar-refractivity contribution >= 4 is 5.82 Å². The molecule has 18 heavy (non-hydrogen) atoms. The first-order chi connectivity index (χ1) is 8.48. The molecule has 1 fully saturated rings. The van der Waals surface area contributed by atoms with Crippen LogP contribution in [0.5, 0.6) is 0 Å². The van der Waals surface area contributed by atoms with Crippen LogP contribution in [0.1, 0.15) is 45.1 Å². The number of pyridine rings is 1. The van der Waals surface area contributed by atoms with Gasteiger partial charge in [0.25, 0.3) is 0 Å². The van der Waals surface area contributed by atoms with E-state index in [1.807, 2.05) is 12.1 Å². The molecule has 1 aromatic heterocycles. The minimum Gasteiger partial charge on any atom is -0.392 e. The van der Waals surface area contributed by atoms with Crippen molar-refractivity contribution in [3.63, 3.8) is 0 Å². The van der Waals surface area contributed by atoms with Crippen LogP contribution >= 0.6 is 0 Å². The Balaban J connectivity index is 1.93. The Kier molecular flexibility index (Phi) is 3.91. The van der Waals surface area contributed by atoms with Gasteiger partial charge in [0, 0.05) is 12.6 Å². The summed E-state index contributed by atoms with van der Waals surface area (Å²) in [5.41, 5.74) is 7.23. The lowest BCUT2D eigenvalue weighted by Crippen LogP contribution is -2.30. The molecule has 1 atom stereocenters. The molecule has 0 amide bonds. The summed E-state index contributed by atoms with van der Waals surface area (Å²) >= 11 is 0. The molecule has 1 unspecified atom stereocenters. The zero-order chi connectivity index (χ0) is 13.2. The van der Waals surface area contributed by atoms with E-state index in [-0.39, 0.29) is 6.10 Å². The van der Waals surface area contributed by atoms with E-state index in [2.05, 4.69) is 18.8 Å². The van der Waals surface area contributed by atoms with Gasteiger partial charge >= 0.3 is 0 Å². The number of nitrogens with zero attached hydrogens (tertiary/aromatic N) is 1. The number of aliphatic hydroxyl groups excluding tert-OH is 1. The van der Waals surface area contributed by atoms with Gasteiger partial charge in [-0.1, -0.05) is 19.9 Å². The molecule has 0 aromatic carbocycles. The molecule has 1 saturated carbocycles. The lowest BCUT2D eigenvalue weighted by atomic mass is 9.71. The molecule has 0 bridgehead atoms. The number of hydrogen-bond acceptors (Lipinski definition) is 3. The Hall–Kier alpha value is -1.09. The molecule has 0 saturated heterocycles. The highest BCUT2D eigenvalue weighted by Crippen LogP contribution is 2.39. The van der Waals surface area contributed by atoms with Gasteiger partial charge in [0.1, 0.15) is 5.82 Å². The third-order valence-corrected chi connectivity index (χ3v) is 4.28. The third kappa shape index (κ3) is 3.22. The quantitative estimate of drug-likeness (QED) is 0.864. The molecular weight excluding hydrogens is 224 g/mol. The highest BCUT2D eigenvalue weighted by Gasteiger charge is 2.30. The predicted molar refractivity (Wildman–Crippen MR) is 74.1 cm³/mol. The van der Waals surface area contributed by atoms with Crippen molar-refractivity contribution < 1.29 is 5.11 Å². The van der Waals surface area contributed by atoms with Crippen molar-refractivity contribution in [1.29, 1.82) is 0 Å². The SMILES string of the molecule is CC1(C)CCC(C(O)Cc2cccnc2N)CC1. The molecule has 3 heteroatoms. The lowest BCUT2D eigenvalue weighted by Gasteiger charge is -2.36. The largest absolute Gasteiger partial charge is 0.392 e. The number of nitrogen functional groups attached to an aromatic ring is 1. The molecule has 1 aliphatic rings. The van der Waals surface area contributed by atoms with Crippen molar-refractivity contribution in [3.05, 3.63) is 23.9 Å². The van der Waals surface area contributed by atoms with E-state index >= 15 is 0 Å². The van der Waals surface area contributed by atoms with Crippen LogP contribution in [0.2, 0.25) is 0 Å². The first kappa shape index (κ1) is 13.3. The highest BCUT2D eigenvalue weighted by molar-refractivity contribution is 5.38. The topological polar surface area (TPSA) is 59.1 Å². The molecule has 3 nitrogen and oxygen atoms in total. The fourth-order valence-corrected chi connectivity index (χ4v) is 2.82. The van der Waals surface area contributed by atoms with Crippen molar-refractivity contribution in [1.82, 2.24) is 4.98 Å². The summed E-state index contributed by atoms with van der Waals surface area (Å²) in [5, 5.41) is 10.3. The Morgan fingerprint density at radius 2 is 2.11 bits per heavy atom. The second kappa shape index (κ2) is 5.27. The average molecular weight is 248 g/mol. The van der Waals surface area contributed by atoms with Crippen LogP contribution in [-0.4, -0.2) is 16.2 Å². The summed E-state index contributed by atoms with van der Waals surface area (Å²) in [6.45, 7) is 4.63. The zero-order valence-corrected chi connectivity index (χ0v) is 11.4. The molecule has 1 aromatic rings. The maximum Gasteiger partial charge on any atom is 0.126 e. The molecule has 0 aliphatic heterocycles. The Morgan fingerprint density at radius 1 is 1.44 bits per heavy atom. The van der Waals surface area contributed by atoms with Gasteiger partial charge < -0.3 is 10.8 Å². The second-order valence-electron chi connectivity index (χ2n) is 6.32. The van der Waals surface area contributed by atoms with Crippen LogP contribution in [0.25, 0.3) is 0 Å². The Morgan fingerprint density at radius 3 is 2.72 bits per heavy atom. The van der Waals surface area contributed by atoms with Crippen molar-refractivity contribution in [3.8, 4) is 0 Å². The van der Waals surface area contributed by atoms with Crippen molar-refractivity contribution in [2.75, 3.05) is 5.73 Å². The molecular formula is C15H24N2O. The number of anilines is 1. The van der Waals surface area contributed by atoms with E-state index in [1.54, 1.807) is 6.20 Å². The number of rotatable bonds is 3. The standard InChI is InChI=1S/C15H24N2O/c1-15(2)7-5-11(6-8-15)13(18)10-12-4-3-9-17-14(12)16/h3-4,9,11,13,18H,5-8,10H2,1-2H3,(H2,16,17). The fourth-order valence-electron chi connectivity index (χ4n) is 2.82. The number of hydrogen-bond donors (Lipinski definition) is 2. The van der Waals surface area contributed by atoms with Crippen molar-refractivity contribution in [2.45, 2.75) is 52.1 Å². The van der Waals surface area contributed by atoms with Crippen LogP contribution in [0.15, 0.2) is 18.3 Å². The number of aromatic nitrogens is 1. The summed E-state index contributed by atoms with van der Waals surface area (Å²) in [4.78, 5) is 4.07. The van der Waals surface area contributed by atoms with Crippen LogP contribution in [0.3, 0.4) is 0 Å². The number of aliphatic hydroxyl groups is 1. The zero-order valence-electron chi connectivity index (χ0n) is 11.4. The van der Waals surface area contributed by atoms with E-state index in [1.165, 1.54) is 12.8 Å². The minimum absolute atomic E-state index is 0.285. The third-order valence-electron chi connectivity index (χ3n) is 4.28. The van der Waals surface area contributed by atoms with E-state index in [0.717, 1.165) is 18.4 Å². The van der Waals surface area contributed by atoms with Crippen LogP contribution in [-0.2, 0) is 6.42 Å². The summed E-state index contributed by atoms with van der Waals surface area (Å²) in [6, 6.07) is 3.83. The normalized spacial score (nSPS) is 21.7. The Labute approximate surface area is 109 Å². The van der Waals surface area contributed by atoms with E-state index < -0.39 is 0 Å². The second-order valence-corrected chi connectivity index (χ2v) is 6.32. The van der Waals surface area contributed by atoms with Gasteiger partial charge in [-0.2, -0.15) is 0 Å². The maximum atomic E-state index is 10.3. The van der Waals surface area contributed by atoms with Crippen LogP contribution in [0, 0.1) is 11.3 Å². The lowest BCUT2D eigenvalue weighted by molar-refractivity contribution is 0.0577. The Bertz CT molecular complexity index is 393. The fraction of sp³-hybridized carbons (Fsp3) is 0.667. The van der Waals surface area contributed by atoms with Crippen LogP contribution in [0.4, 0.5) is 5.82 Å². The summed E-state index contributed by atoms with van der Waals surface area (Å²) in [5.74, 6) is 0.963. The molecule has 2 rings (SSSR count). The van der Waals surface area contributed by atoms with E-state index in [0.29, 0.717) is 23.6 Å². The molecule has 0 spiro atoms. The summed E-state index contributed by atoms with van der Waals surface area (Å²) in [7, 11) is 0. The first-order valence-corrected chi connectivity index (χ1v) is 6.85. The molecule has 3 N–H and O–H groups in total. The summed E-state index contributed by atoms with van der Waals surface area (Å²) in [6.07, 6.45) is 6.68. The highest BCUT2D eigenvalue weighted by atomic mass is 16.3. The number of nitrogens with two attached hydrogens (primary N) is 1. The van der Waals surface area contributed by atoms with E-state index in [9.17, 15) is 5.11 Å². The first-order valence-electron chi connectivity index (χ1n) is 6.85. The molecule has 0 radical (unpaired) electrons.